The van der Waals surface area contributed by atoms with Crippen LogP contribution in [0.5, 0.6) is 0 Å². The largest absolute Gasteiger partial charge is 0.479 e. The van der Waals surface area contributed by atoms with E-state index in [0.29, 0.717) is 0 Å². The molecule has 0 saturated heterocycles. The molecule has 0 aromatic rings. The zero-order chi connectivity index (χ0) is 20.0. The Morgan fingerprint density at radius 1 is 0.840 bits per heavy atom. The lowest BCUT2D eigenvalue weighted by molar-refractivity contribution is -0.146. The highest BCUT2D eigenvalue weighted by atomic mass is 16.4. The summed E-state index contributed by atoms with van der Waals surface area (Å²) in [5.41, 5.74) is 0. The molecule has 0 amide bonds. The zero-order valence-corrected chi connectivity index (χ0v) is 13.5. The summed E-state index contributed by atoms with van der Waals surface area (Å²) in [7, 11) is 0. The van der Waals surface area contributed by atoms with Crippen molar-refractivity contribution in [2.24, 2.45) is 0 Å². The molecule has 6 unspecified atom stereocenters. The summed E-state index contributed by atoms with van der Waals surface area (Å²) in [4.78, 5) is 28.8. The van der Waals surface area contributed by atoms with Crippen molar-refractivity contribution < 1.29 is 65.8 Å². The van der Waals surface area contributed by atoms with Gasteiger partial charge >= 0.3 is 11.9 Å². The molecule has 6 atom stereocenters. The molecule has 0 rings (SSSR count). The molecule has 0 saturated carbocycles. The van der Waals surface area contributed by atoms with Crippen LogP contribution in [0.2, 0.25) is 0 Å². The van der Waals surface area contributed by atoms with Crippen LogP contribution in [-0.4, -0.2) is 113 Å². The van der Waals surface area contributed by atoms with E-state index >= 15 is 0 Å². The molecule has 0 heterocycles. The fourth-order valence-corrected chi connectivity index (χ4v) is 0.618. The van der Waals surface area contributed by atoms with Crippen molar-refractivity contribution in [1.82, 2.24) is 0 Å². The number of aldehydes is 1. The predicted molar refractivity (Wildman–Crippen MR) is 79.4 cm³/mol. The molecule has 0 aliphatic carbocycles. The van der Waals surface area contributed by atoms with Crippen molar-refractivity contribution in [3.63, 3.8) is 0 Å². The Bertz CT molecular complexity index is 339. The molecule has 0 fully saturated rings. The van der Waals surface area contributed by atoms with Crippen LogP contribution in [0.4, 0.5) is 0 Å². The summed E-state index contributed by atoms with van der Waals surface area (Å²) in [5, 5.41) is 75.1. The second-order valence-corrected chi connectivity index (χ2v) is 4.39. The molecule has 25 heavy (non-hydrogen) atoms. The second kappa shape index (κ2) is 17.1. The number of aliphatic carboxylic acids is 2. The van der Waals surface area contributed by atoms with Gasteiger partial charge in [0.05, 0.1) is 6.61 Å². The Hall–Kier alpha value is -1.71. The molecule has 0 spiro atoms. The van der Waals surface area contributed by atoms with Crippen molar-refractivity contribution in [3.8, 4) is 0 Å². The van der Waals surface area contributed by atoms with E-state index in [1.807, 2.05) is 0 Å². The molecule has 13 heteroatoms. The molecule has 0 radical (unpaired) electrons. The lowest BCUT2D eigenvalue weighted by atomic mass is 10.0. The van der Waals surface area contributed by atoms with Gasteiger partial charge in [0.25, 0.3) is 0 Å². The minimum absolute atomic E-state index is 0. The molecule has 0 aromatic carbocycles. The highest BCUT2D eigenvalue weighted by molar-refractivity contribution is 5.71. The average Bonchev–Trinajstić information content (AvgIpc) is 2.52. The van der Waals surface area contributed by atoms with Crippen molar-refractivity contribution >= 4 is 18.2 Å². The van der Waals surface area contributed by atoms with Gasteiger partial charge < -0.3 is 56.2 Å². The van der Waals surface area contributed by atoms with E-state index in [4.69, 9.17) is 46.0 Å². The summed E-state index contributed by atoms with van der Waals surface area (Å²) in [6, 6.07) is 0. The maximum Gasteiger partial charge on any atom is 0.332 e. The summed E-state index contributed by atoms with van der Waals surface area (Å²) < 4.78 is 0. The van der Waals surface area contributed by atoms with E-state index in [1.165, 1.54) is 13.8 Å². The van der Waals surface area contributed by atoms with Gasteiger partial charge in [-0.2, -0.15) is 0 Å². The van der Waals surface area contributed by atoms with Gasteiger partial charge in [-0.25, -0.2) is 9.59 Å². The van der Waals surface area contributed by atoms with Crippen molar-refractivity contribution in [2.45, 2.75) is 50.5 Å². The van der Waals surface area contributed by atoms with Crippen LogP contribution in [0.3, 0.4) is 0 Å². The molecule has 0 bridgehead atoms. The first-order valence-electron chi connectivity index (χ1n) is 6.43. The summed E-state index contributed by atoms with van der Waals surface area (Å²) in [6.45, 7) is 1.63. The van der Waals surface area contributed by atoms with Crippen molar-refractivity contribution in [3.05, 3.63) is 0 Å². The van der Waals surface area contributed by atoms with Gasteiger partial charge in [-0.15, -0.1) is 0 Å². The van der Waals surface area contributed by atoms with E-state index in [9.17, 15) is 14.4 Å². The monoisotopic (exact) mass is 378 g/mol. The Labute approximate surface area is 142 Å². The fourth-order valence-electron chi connectivity index (χ4n) is 0.618. The van der Waals surface area contributed by atoms with Gasteiger partial charge in [0.1, 0.15) is 36.6 Å². The standard InChI is InChI=1S/C6H12O6.2C3H6O3.H2O/c7-1-3(9)5(11)6(12)4(10)2-8;2*1-2(4)3(5)6;/h1,3-6,8-12H,2H2;2*2,4H,1H3,(H,5,6);1H2. The first-order valence-corrected chi connectivity index (χ1v) is 6.43. The third-order valence-electron chi connectivity index (χ3n) is 2.14. The van der Waals surface area contributed by atoms with E-state index in [1.54, 1.807) is 0 Å². The molecular weight excluding hydrogens is 352 g/mol. The molecule has 11 N–H and O–H groups in total. The number of carbonyl (C=O) groups excluding carboxylic acids is 1. The van der Waals surface area contributed by atoms with Crippen LogP contribution >= 0.6 is 0 Å². The highest BCUT2D eigenvalue weighted by Crippen LogP contribution is 2.02. The minimum Gasteiger partial charge on any atom is -0.479 e. The lowest BCUT2D eigenvalue weighted by Gasteiger charge is -2.22. The third kappa shape index (κ3) is 18.5. The van der Waals surface area contributed by atoms with Gasteiger partial charge in [-0.3, -0.25) is 0 Å². The van der Waals surface area contributed by atoms with E-state index < -0.39 is 55.2 Å². The number of rotatable bonds is 7. The van der Waals surface area contributed by atoms with E-state index in [2.05, 4.69) is 0 Å². The SMILES string of the molecule is CC(O)C(=O)O.CC(O)C(=O)O.O.O=CC(O)C(O)C(O)C(O)CO. The van der Waals surface area contributed by atoms with Gasteiger partial charge in [0.2, 0.25) is 0 Å². The first kappa shape index (κ1) is 31.1. The Balaban J connectivity index is -0.000000144. The number of carbonyl (C=O) groups is 3. The lowest BCUT2D eigenvalue weighted by Crippen LogP contribution is -2.46. The topological polar surface area (TPSA) is 265 Å². The predicted octanol–water partition coefficient (Wildman–Crippen LogP) is -5.30. The smallest absolute Gasteiger partial charge is 0.332 e. The van der Waals surface area contributed by atoms with Gasteiger partial charge in [-0.05, 0) is 13.8 Å². The fraction of sp³-hybridized carbons (Fsp3) is 0.750. The van der Waals surface area contributed by atoms with Crippen LogP contribution < -0.4 is 0 Å². The number of carboxylic acid groups (broad SMARTS) is 2. The normalized spacial score (nSPS) is 16.7. The quantitative estimate of drug-likeness (QED) is 0.188. The van der Waals surface area contributed by atoms with Crippen LogP contribution in [0, 0.1) is 0 Å². The first-order chi connectivity index (χ1) is 10.8. The minimum atomic E-state index is -1.79. The molecule has 152 valence electrons. The Kier molecular flexibility index (Phi) is 21.3. The van der Waals surface area contributed by atoms with Crippen LogP contribution in [-0.2, 0) is 14.4 Å². The number of hydrogen-bond donors (Lipinski definition) is 9. The number of aliphatic hydroxyl groups excluding tert-OH is 7. The summed E-state index contributed by atoms with van der Waals surface area (Å²) in [6.07, 6.45) is -9.30. The summed E-state index contributed by atoms with van der Waals surface area (Å²) in [5.74, 6) is -2.37. The van der Waals surface area contributed by atoms with E-state index in [-0.39, 0.29) is 11.8 Å². The molecule has 0 aromatic heterocycles. The van der Waals surface area contributed by atoms with Crippen LogP contribution in [0.1, 0.15) is 13.8 Å². The average molecular weight is 378 g/mol. The van der Waals surface area contributed by atoms with Gasteiger partial charge in [0.15, 0.2) is 6.29 Å². The number of hydrogen-bond acceptors (Lipinski definition) is 10. The maximum atomic E-state index is 9.90. The Morgan fingerprint density at radius 2 is 1.12 bits per heavy atom. The number of aliphatic hydroxyl groups is 7. The molecule has 0 aliphatic rings. The molecule has 0 aliphatic heterocycles. The van der Waals surface area contributed by atoms with Crippen LogP contribution in [0.25, 0.3) is 0 Å². The third-order valence-corrected chi connectivity index (χ3v) is 2.14. The summed E-state index contributed by atoms with van der Waals surface area (Å²) >= 11 is 0. The van der Waals surface area contributed by atoms with E-state index in [0.717, 1.165) is 0 Å². The molecule has 13 nitrogen and oxygen atoms in total. The Morgan fingerprint density at radius 3 is 1.28 bits per heavy atom. The molecular formula is C12H26O13. The van der Waals surface area contributed by atoms with Crippen molar-refractivity contribution in [1.29, 1.82) is 0 Å². The van der Waals surface area contributed by atoms with Crippen molar-refractivity contribution in [2.75, 3.05) is 6.61 Å². The van der Waals surface area contributed by atoms with Crippen LogP contribution in [0.15, 0.2) is 0 Å². The van der Waals surface area contributed by atoms with Gasteiger partial charge in [-0.1, -0.05) is 0 Å². The van der Waals surface area contributed by atoms with Gasteiger partial charge in [0, 0.05) is 0 Å². The second-order valence-electron chi connectivity index (χ2n) is 4.39. The zero-order valence-electron chi connectivity index (χ0n) is 13.5. The maximum absolute atomic E-state index is 9.90. The highest BCUT2D eigenvalue weighted by Gasteiger charge is 2.29. The number of carboxylic acids is 2.